The SMILES string of the molecule is CC(C)COCCCNCc1ccc[nH]1. The molecule has 0 saturated carbocycles. The molecule has 86 valence electrons. The van der Waals surface area contributed by atoms with Crippen molar-refractivity contribution >= 4 is 0 Å². The first-order valence-corrected chi connectivity index (χ1v) is 5.69. The minimum absolute atomic E-state index is 0.636. The Kier molecular flexibility index (Phi) is 6.12. The van der Waals surface area contributed by atoms with E-state index in [-0.39, 0.29) is 0 Å². The van der Waals surface area contributed by atoms with Crippen LogP contribution in [0.2, 0.25) is 0 Å². The molecule has 0 fully saturated rings. The molecule has 3 heteroatoms. The minimum Gasteiger partial charge on any atom is -0.381 e. The molecule has 0 unspecified atom stereocenters. The Bertz CT molecular complexity index is 232. The lowest BCUT2D eigenvalue weighted by Gasteiger charge is -2.07. The lowest BCUT2D eigenvalue weighted by molar-refractivity contribution is 0.108. The summed E-state index contributed by atoms with van der Waals surface area (Å²) in [7, 11) is 0. The van der Waals surface area contributed by atoms with E-state index in [0.29, 0.717) is 5.92 Å². The van der Waals surface area contributed by atoms with Gasteiger partial charge in [0, 0.05) is 31.6 Å². The zero-order chi connectivity index (χ0) is 10.9. The number of hydrogen-bond donors (Lipinski definition) is 2. The predicted molar refractivity (Wildman–Crippen MR) is 62.8 cm³/mol. The monoisotopic (exact) mass is 210 g/mol. The van der Waals surface area contributed by atoms with Crippen molar-refractivity contribution in [2.24, 2.45) is 5.92 Å². The summed E-state index contributed by atoms with van der Waals surface area (Å²) in [6.45, 7) is 7.99. The molecular formula is C12H22N2O. The van der Waals surface area contributed by atoms with Gasteiger partial charge in [-0.1, -0.05) is 13.8 Å². The van der Waals surface area contributed by atoms with E-state index in [1.807, 2.05) is 12.3 Å². The first-order valence-electron chi connectivity index (χ1n) is 5.69. The molecule has 0 atom stereocenters. The summed E-state index contributed by atoms with van der Waals surface area (Å²) in [5.41, 5.74) is 1.23. The van der Waals surface area contributed by atoms with Crippen LogP contribution >= 0.6 is 0 Å². The molecule has 0 bridgehead atoms. The van der Waals surface area contributed by atoms with E-state index in [1.165, 1.54) is 5.69 Å². The molecule has 1 aromatic rings. The second kappa shape index (κ2) is 7.49. The van der Waals surface area contributed by atoms with E-state index in [4.69, 9.17) is 4.74 Å². The average molecular weight is 210 g/mol. The van der Waals surface area contributed by atoms with Gasteiger partial charge in [-0.05, 0) is 31.0 Å². The Labute approximate surface area is 92.2 Å². The van der Waals surface area contributed by atoms with Crippen LogP contribution in [-0.2, 0) is 11.3 Å². The minimum atomic E-state index is 0.636. The number of H-pyrrole nitrogens is 1. The van der Waals surface area contributed by atoms with Gasteiger partial charge >= 0.3 is 0 Å². The Hall–Kier alpha value is -0.800. The number of rotatable bonds is 8. The second-order valence-electron chi connectivity index (χ2n) is 4.19. The lowest BCUT2D eigenvalue weighted by atomic mass is 10.2. The van der Waals surface area contributed by atoms with Crippen LogP contribution in [0.25, 0.3) is 0 Å². The van der Waals surface area contributed by atoms with Gasteiger partial charge < -0.3 is 15.0 Å². The number of aromatic nitrogens is 1. The van der Waals surface area contributed by atoms with Gasteiger partial charge in [-0.2, -0.15) is 0 Å². The summed E-state index contributed by atoms with van der Waals surface area (Å²) in [4.78, 5) is 3.16. The van der Waals surface area contributed by atoms with Gasteiger partial charge in [0.25, 0.3) is 0 Å². The highest BCUT2D eigenvalue weighted by Crippen LogP contribution is 1.94. The van der Waals surface area contributed by atoms with Gasteiger partial charge in [-0.3, -0.25) is 0 Å². The average Bonchev–Trinajstić information content (AvgIpc) is 2.68. The molecule has 2 N–H and O–H groups in total. The molecule has 0 saturated heterocycles. The molecule has 1 heterocycles. The number of aromatic amines is 1. The summed E-state index contributed by atoms with van der Waals surface area (Å²) < 4.78 is 5.48. The van der Waals surface area contributed by atoms with Gasteiger partial charge in [-0.25, -0.2) is 0 Å². The normalized spacial score (nSPS) is 11.1. The van der Waals surface area contributed by atoms with Gasteiger partial charge in [-0.15, -0.1) is 0 Å². The number of ether oxygens (including phenoxy) is 1. The molecule has 0 radical (unpaired) electrons. The van der Waals surface area contributed by atoms with Crippen LogP contribution in [0.1, 0.15) is 26.0 Å². The van der Waals surface area contributed by atoms with Gasteiger partial charge in [0.05, 0.1) is 0 Å². The third-order valence-electron chi connectivity index (χ3n) is 2.07. The molecular weight excluding hydrogens is 188 g/mol. The Morgan fingerprint density at radius 2 is 2.33 bits per heavy atom. The fourth-order valence-electron chi connectivity index (χ4n) is 1.32. The van der Waals surface area contributed by atoms with E-state index in [0.717, 1.165) is 32.7 Å². The summed E-state index contributed by atoms with van der Waals surface area (Å²) in [6.07, 6.45) is 3.02. The van der Waals surface area contributed by atoms with Crippen molar-refractivity contribution in [3.63, 3.8) is 0 Å². The number of nitrogens with one attached hydrogen (secondary N) is 2. The highest BCUT2D eigenvalue weighted by molar-refractivity contribution is 5.02. The van der Waals surface area contributed by atoms with Crippen molar-refractivity contribution in [2.45, 2.75) is 26.8 Å². The van der Waals surface area contributed by atoms with Crippen molar-refractivity contribution in [3.05, 3.63) is 24.0 Å². The molecule has 0 aromatic carbocycles. The van der Waals surface area contributed by atoms with Crippen LogP contribution in [-0.4, -0.2) is 24.7 Å². The van der Waals surface area contributed by atoms with Crippen LogP contribution in [0.3, 0.4) is 0 Å². The summed E-state index contributed by atoms with van der Waals surface area (Å²) in [5, 5.41) is 3.36. The van der Waals surface area contributed by atoms with Crippen LogP contribution in [0, 0.1) is 5.92 Å². The van der Waals surface area contributed by atoms with Crippen molar-refractivity contribution in [2.75, 3.05) is 19.8 Å². The van der Waals surface area contributed by atoms with Gasteiger partial charge in [0.15, 0.2) is 0 Å². The van der Waals surface area contributed by atoms with Crippen LogP contribution in [0.4, 0.5) is 0 Å². The smallest absolute Gasteiger partial charge is 0.0489 e. The van der Waals surface area contributed by atoms with Crippen molar-refractivity contribution in [1.82, 2.24) is 10.3 Å². The third kappa shape index (κ3) is 6.31. The topological polar surface area (TPSA) is 37.0 Å². The molecule has 3 nitrogen and oxygen atoms in total. The second-order valence-corrected chi connectivity index (χ2v) is 4.19. The molecule has 1 rings (SSSR count). The first-order chi connectivity index (χ1) is 7.29. The molecule has 0 amide bonds. The van der Waals surface area contributed by atoms with Gasteiger partial charge in [0.1, 0.15) is 0 Å². The standard InChI is InChI=1S/C12H22N2O/c1-11(2)10-15-8-4-6-13-9-12-5-3-7-14-12/h3,5,7,11,13-14H,4,6,8-10H2,1-2H3. The predicted octanol–water partition coefficient (Wildman–Crippen LogP) is 2.17. The van der Waals surface area contributed by atoms with Crippen LogP contribution in [0.5, 0.6) is 0 Å². The van der Waals surface area contributed by atoms with E-state index >= 15 is 0 Å². The van der Waals surface area contributed by atoms with E-state index in [1.54, 1.807) is 0 Å². The third-order valence-corrected chi connectivity index (χ3v) is 2.07. The maximum atomic E-state index is 5.48. The maximum Gasteiger partial charge on any atom is 0.0489 e. The highest BCUT2D eigenvalue weighted by Gasteiger charge is 1.94. The number of hydrogen-bond acceptors (Lipinski definition) is 2. The van der Waals surface area contributed by atoms with E-state index < -0.39 is 0 Å². The van der Waals surface area contributed by atoms with E-state index in [2.05, 4.69) is 30.2 Å². The highest BCUT2D eigenvalue weighted by atomic mass is 16.5. The zero-order valence-corrected chi connectivity index (χ0v) is 9.75. The molecule has 15 heavy (non-hydrogen) atoms. The fourth-order valence-corrected chi connectivity index (χ4v) is 1.32. The first kappa shape index (κ1) is 12.3. The molecule has 0 aliphatic heterocycles. The van der Waals surface area contributed by atoms with Gasteiger partial charge in [0.2, 0.25) is 0 Å². The molecule has 0 aliphatic carbocycles. The Balaban J connectivity index is 1.85. The summed E-state index contributed by atoms with van der Waals surface area (Å²) >= 11 is 0. The summed E-state index contributed by atoms with van der Waals surface area (Å²) in [5.74, 6) is 0.636. The lowest BCUT2D eigenvalue weighted by Crippen LogP contribution is -2.17. The van der Waals surface area contributed by atoms with Crippen LogP contribution < -0.4 is 5.32 Å². The van der Waals surface area contributed by atoms with Crippen molar-refractivity contribution in [1.29, 1.82) is 0 Å². The summed E-state index contributed by atoms with van der Waals surface area (Å²) in [6, 6.07) is 4.10. The van der Waals surface area contributed by atoms with Crippen molar-refractivity contribution in [3.8, 4) is 0 Å². The zero-order valence-electron chi connectivity index (χ0n) is 9.75. The van der Waals surface area contributed by atoms with Crippen LogP contribution in [0.15, 0.2) is 18.3 Å². The fraction of sp³-hybridized carbons (Fsp3) is 0.667. The molecule has 1 aromatic heterocycles. The molecule has 0 spiro atoms. The largest absolute Gasteiger partial charge is 0.381 e. The molecule has 0 aliphatic rings. The maximum absolute atomic E-state index is 5.48. The quantitative estimate of drug-likeness (QED) is 0.645. The van der Waals surface area contributed by atoms with E-state index in [9.17, 15) is 0 Å². The Morgan fingerprint density at radius 3 is 3.00 bits per heavy atom. The Morgan fingerprint density at radius 1 is 1.47 bits per heavy atom. The van der Waals surface area contributed by atoms with Crippen molar-refractivity contribution < 1.29 is 4.74 Å².